The van der Waals surface area contributed by atoms with Crippen LogP contribution < -0.4 is 5.32 Å². The largest absolute Gasteiger partial charge is 0.303 e. The molecule has 3 rings (SSSR count). The highest BCUT2D eigenvalue weighted by molar-refractivity contribution is 7.10. The first kappa shape index (κ1) is 12.8. The van der Waals surface area contributed by atoms with Gasteiger partial charge >= 0.3 is 0 Å². The molecule has 1 aliphatic rings. The molecule has 1 atom stereocenters. The van der Waals surface area contributed by atoms with Gasteiger partial charge in [-0.15, -0.1) is 11.3 Å². The Morgan fingerprint density at radius 2 is 2.16 bits per heavy atom. The molecular weight excluding hydrogens is 254 g/mol. The van der Waals surface area contributed by atoms with Crippen molar-refractivity contribution < 1.29 is 0 Å². The van der Waals surface area contributed by atoms with Gasteiger partial charge in [-0.25, -0.2) is 0 Å². The van der Waals surface area contributed by atoms with Crippen LogP contribution in [0.15, 0.2) is 35.8 Å². The maximum Gasteiger partial charge on any atom is 0.0769 e. The maximum atomic E-state index is 4.15. The number of thiophene rings is 1. The Morgan fingerprint density at radius 1 is 1.26 bits per heavy atom. The lowest BCUT2D eigenvalue weighted by Crippen LogP contribution is -2.26. The molecule has 19 heavy (non-hydrogen) atoms. The molecule has 0 radical (unpaired) electrons. The minimum atomic E-state index is 0.476. The van der Waals surface area contributed by atoms with Crippen LogP contribution in [0.1, 0.15) is 42.3 Å². The van der Waals surface area contributed by atoms with Crippen LogP contribution in [0, 0.1) is 5.92 Å². The van der Waals surface area contributed by atoms with Gasteiger partial charge in [0.2, 0.25) is 0 Å². The van der Waals surface area contributed by atoms with Crippen molar-refractivity contribution in [3.8, 4) is 0 Å². The summed E-state index contributed by atoms with van der Waals surface area (Å²) in [7, 11) is 0. The van der Waals surface area contributed by atoms with Crippen LogP contribution in [0.5, 0.6) is 0 Å². The van der Waals surface area contributed by atoms with E-state index in [0.717, 1.165) is 18.2 Å². The summed E-state index contributed by atoms with van der Waals surface area (Å²) < 4.78 is 0. The van der Waals surface area contributed by atoms with E-state index in [9.17, 15) is 0 Å². The summed E-state index contributed by atoms with van der Waals surface area (Å²) >= 11 is 1.85. The monoisotopic (exact) mass is 273 g/mol. The average Bonchev–Trinajstić information content (AvgIpc) is 3.13. The molecule has 1 aliphatic carbocycles. The summed E-state index contributed by atoms with van der Waals surface area (Å²) in [5, 5.41) is 13.9. The van der Waals surface area contributed by atoms with Gasteiger partial charge < -0.3 is 5.32 Å². The summed E-state index contributed by atoms with van der Waals surface area (Å²) in [6, 6.07) is 8.84. The maximum absolute atomic E-state index is 4.15. The predicted molar refractivity (Wildman–Crippen MR) is 77.9 cm³/mol. The highest BCUT2D eigenvalue weighted by Crippen LogP contribution is 2.37. The second-order valence-electron chi connectivity index (χ2n) is 5.13. The standard InChI is InChI=1S/C15H19N3S/c1-2-6-12(5-1)15(14-8-4-10-19-14)16-11-13-7-3-9-17-18-13/h3-4,7-10,12,15-16H,1-2,5-6,11H2. The molecule has 3 nitrogen and oxygen atoms in total. The van der Waals surface area contributed by atoms with Gasteiger partial charge in [0, 0.05) is 23.7 Å². The minimum Gasteiger partial charge on any atom is -0.303 e. The molecule has 2 heterocycles. The van der Waals surface area contributed by atoms with Gasteiger partial charge in [0.15, 0.2) is 0 Å². The minimum absolute atomic E-state index is 0.476. The van der Waals surface area contributed by atoms with E-state index in [2.05, 4.69) is 33.0 Å². The van der Waals surface area contributed by atoms with Crippen LogP contribution in [0.4, 0.5) is 0 Å². The van der Waals surface area contributed by atoms with Crippen molar-refractivity contribution in [2.45, 2.75) is 38.3 Å². The van der Waals surface area contributed by atoms with Crippen LogP contribution in [0.3, 0.4) is 0 Å². The molecule has 0 spiro atoms. The van der Waals surface area contributed by atoms with Gasteiger partial charge in [0.05, 0.1) is 5.69 Å². The number of rotatable bonds is 5. The van der Waals surface area contributed by atoms with E-state index in [1.54, 1.807) is 6.20 Å². The molecule has 2 aromatic heterocycles. The van der Waals surface area contributed by atoms with E-state index >= 15 is 0 Å². The quantitative estimate of drug-likeness (QED) is 0.905. The molecule has 4 heteroatoms. The van der Waals surface area contributed by atoms with Crippen molar-refractivity contribution in [3.05, 3.63) is 46.4 Å². The molecule has 0 aliphatic heterocycles. The van der Waals surface area contributed by atoms with Gasteiger partial charge in [-0.2, -0.15) is 10.2 Å². The van der Waals surface area contributed by atoms with E-state index in [0.29, 0.717) is 6.04 Å². The van der Waals surface area contributed by atoms with Crippen LogP contribution in [-0.2, 0) is 6.54 Å². The fourth-order valence-corrected chi connectivity index (χ4v) is 3.79. The first-order valence-electron chi connectivity index (χ1n) is 6.97. The molecule has 0 saturated heterocycles. The lowest BCUT2D eigenvalue weighted by atomic mass is 9.96. The van der Waals surface area contributed by atoms with Crippen molar-refractivity contribution in [2.24, 2.45) is 5.92 Å². The zero-order chi connectivity index (χ0) is 12.9. The third-order valence-electron chi connectivity index (χ3n) is 3.85. The van der Waals surface area contributed by atoms with Gasteiger partial charge in [-0.1, -0.05) is 18.9 Å². The van der Waals surface area contributed by atoms with Crippen molar-refractivity contribution >= 4 is 11.3 Å². The first-order chi connectivity index (χ1) is 9.43. The Balaban J connectivity index is 1.69. The third-order valence-corrected chi connectivity index (χ3v) is 4.81. The average molecular weight is 273 g/mol. The Labute approximate surface area is 118 Å². The van der Waals surface area contributed by atoms with Crippen molar-refractivity contribution in [1.82, 2.24) is 15.5 Å². The molecule has 2 aromatic rings. The Hall–Kier alpha value is -1.26. The molecule has 1 unspecified atom stereocenters. The zero-order valence-electron chi connectivity index (χ0n) is 11.0. The molecule has 1 fully saturated rings. The lowest BCUT2D eigenvalue weighted by Gasteiger charge is -2.23. The summed E-state index contributed by atoms with van der Waals surface area (Å²) in [5.41, 5.74) is 1.02. The van der Waals surface area contributed by atoms with E-state index in [1.165, 1.54) is 30.6 Å². The normalized spacial score (nSPS) is 17.7. The number of nitrogens with one attached hydrogen (secondary N) is 1. The van der Waals surface area contributed by atoms with Crippen LogP contribution in [0.2, 0.25) is 0 Å². The molecular formula is C15H19N3S. The van der Waals surface area contributed by atoms with E-state index in [1.807, 2.05) is 23.5 Å². The molecule has 0 bridgehead atoms. The number of hydrogen-bond donors (Lipinski definition) is 1. The molecule has 1 saturated carbocycles. The molecule has 0 amide bonds. The van der Waals surface area contributed by atoms with E-state index in [4.69, 9.17) is 0 Å². The zero-order valence-corrected chi connectivity index (χ0v) is 11.8. The summed E-state index contributed by atoms with van der Waals surface area (Å²) in [6.07, 6.45) is 7.15. The number of aromatic nitrogens is 2. The highest BCUT2D eigenvalue weighted by Gasteiger charge is 2.26. The van der Waals surface area contributed by atoms with Crippen LogP contribution in [0.25, 0.3) is 0 Å². The highest BCUT2D eigenvalue weighted by atomic mass is 32.1. The van der Waals surface area contributed by atoms with Gasteiger partial charge in [0.25, 0.3) is 0 Å². The Morgan fingerprint density at radius 3 is 2.84 bits per heavy atom. The smallest absolute Gasteiger partial charge is 0.0769 e. The fraction of sp³-hybridized carbons (Fsp3) is 0.467. The Bertz CT molecular complexity index is 477. The molecule has 0 aromatic carbocycles. The molecule has 100 valence electrons. The van der Waals surface area contributed by atoms with Gasteiger partial charge in [-0.3, -0.25) is 0 Å². The SMILES string of the molecule is c1cnnc(CNC(c2cccs2)C2CCCC2)c1. The van der Waals surface area contributed by atoms with E-state index < -0.39 is 0 Å². The lowest BCUT2D eigenvalue weighted by molar-refractivity contribution is 0.369. The van der Waals surface area contributed by atoms with Crippen LogP contribution >= 0.6 is 11.3 Å². The van der Waals surface area contributed by atoms with Crippen molar-refractivity contribution in [3.63, 3.8) is 0 Å². The first-order valence-corrected chi connectivity index (χ1v) is 7.85. The molecule has 1 N–H and O–H groups in total. The topological polar surface area (TPSA) is 37.8 Å². The second kappa shape index (κ2) is 6.26. The fourth-order valence-electron chi connectivity index (χ4n) is 2.90. The second-order valence-corrected chi connectivity index (χ2v) is 6.11. The summed E-state index contributed by atoms with van der Waals surface area (Å²) in [6.45, 7) is 0.799. The third kappa shape index (κ3) is 3.19. The van der Waals surface area contributed by atoms with Crippen molar-refractivity contribution in [2.75, 3.05) is 0 Å². The van der Waals surface area contributed by atoms with Gasteiger partial charge in [0.1, 0.15) is 0 Å². The van der Waals surface area contributed by atoms with Gasteiger partial charge in [-0.05, 0) is 42.3 Å². The number of nitrogens with zero attached hydrogens (tertiary/aromatic N) is 2. The predicted octanol–water partition coefficient (Wildman–Crippen LogP) is 3.56. The van der Waals surface area contributed by atoms with Crippen LogP contribution in [-0.4, -0.2) is 10.2 Å². The summed E-state index contributed by atoms with van der Waals surface area (Å²) in [5.74, 6) is 0.773. The van der Waals surface area contributed by atoms with Crippen molar-refractivity contribution in [1.29, 1.82) is 0 Å². The summed E-state index contributed by atoms with van der Waals surface area (Å²) in [4.78, 5) is 1.45. The Kier molecular flexibility index (Phi) is 4.20. The van der Waals surface area contributed by atoms with E-state index in [-0.39, 0.29) is 0 Å². The number of hydrogen-bond acceptors (Lipinski definition) is 4.